The third kappa shape index (κ3) is 18.5. The summed E-state index contributed by atoms with van der Waals surface area (Å²) in [5.41, 5.74) is 0. The maximum absolute atomic E-state index is 11.2. The van der Waals surface area contributed by atoms with Crippen molar-refractivity contribution in [1.82, 2.24) is 0 Å². The van der Waals surface area contributed by atoms with Gasteiger partial charge in [-0.2, -0.15) is 0 Å². The predicted molar refractivity (Wildman–Crippen MR) is 103 cm³/mol. The number of rotatable bonds is 15. The largest absolute Gasteiger partial charge is 0.460 e. The van der Waals surface area contributed by atoms with Crippen LogP contribution in [0.1, 0.15) is 58.3 Å². The molecule has 0 amide bonds. The molecule has 0 aliphatic carbocycles. The van der Waals surface area contributed by atoms with Crippen LogP contribution in [0.2, 0.25) is 0 Å². The Labute approximate surface area is 152 Å². The number of esters is 1. The van der Waals surface area contributed by atoms with Crippen molar-refractivity contribution in [3.05, 3.63) is 48.6 Å². The molecular weight excluding hydrogens is 316 g/mol. The van der Waals surface area contributed by atoms with Gasteiger partial charge in [0.2, 0.25) is 0 Å². The van der Waals surface area contributed by atoms with Crippen molar-refractivity contribution in [3.63, 3.8) is 0 Å². The lowest BCUT2D eigenvalue weighted by Crippen LogP contribution is -2.21. The first kappa shape index (κ1) is 23.4. The lowest BCUT2D eigenvalue weighted by molar-refractivity contribution is -0.141. The minimum absolute atomic E-state index is 0.202. The van der Waals surface area contributed by atoms with E-state index in [1.807, 2.05) is 24.3 Å². The van der Waals surface area contributed by atoms with Crippen molar-refractivity contribution in [2.24, 2.45) is 0 Å². The number of hydrogen-bond donors (Lipinski definition) is 2. The molecular formula is C21H34O4. The molecule has 0 aliphatic heterocycles. The highest BCUT2D eigenvalue weighted by atomic mass is 16.5. The molecule has 0 heterocycles. The lowest BCUT2D eigenvalue weighted by atomic mass is 10.1. The van der Waals surface area contributed by atoms with Crippen LogP contribution in [0.3, 0.4) is 0 Å². The Morgan fingerprint density at radius 2 is 1.52 bits per heavy atom. The average Bonchev–Trinajstić information content (AvgIpc) is 2.62. The van der Waals surface area contributed by atoms with Crippen molar-refractivity contribution in [1.29, 1.82) is 0 Å². The topological polar surface area (TPSA) is 66.8 Å². The molecule has 1 atom stereocenters. The minimum Gasteiger partial charge on any atom is -0.460 e. The van der Waals surface area contributed by atoms with Crippen LogP contribution in [0.25, 0.3) is 0 Å². The smallest absolute Gasteiger partial charge is 0.330 e. The summed E-state index contributed by atoms with van der Waals surface area (Å²) in [7, 11) is 0. The monoisotopic (exact) mass is 350 g/mol. The van der Waals surface area contributed by atoms with Gasteiger partial charge in [0, 0.05) is 6.08 Å². The van der Waals surface area contributed by atoms with Crippen molar-refractivity contribution in [3.8, 4) is 0 Å². The fraction of sp³-hybridized carbons (Fsp3) is 0.571. The van der Waals surface area contributed by atoms with Crippen LogP contribution < -0.4 is 0 Å². The van der Waals surface area contributed by atoms with E-state index in [1.54, 1.807) is 12.2 Å². The molecule has 0 aromatic rings. The van der Waals surface area contributed by atoms with Gasteiger partial charge in [0.25, 0.3) is 0 Å². The van der Waals surface area contributed by atoms with Crippen molar-refractivity contribution >= 4 is 5.97 Å². The molecule has 0 saturated carbocycles. The number of hydrogen-bond acceptors (Lipinski definition) is 4. The summed E-state index contributed by atoms with van der Waals surface area (Å²) in [5, 5.41) is 17.6. The molecule has 4 heteroatoms. The number of aliphatic hydroxyl groups is 2. The van der Waals surface area contributed by atoms with Gasteiger partial charge in [-0.1, -0.05) is 88.0 Å². The van der Waals surface area contributed by atoms with Gasteiger partial charge >= 0.3 is 5.97 Å². The number of allylic oxidation sites excluding steroid dienone is 7. The normalized spacial score (nSPS) is 13.6. The van der Waals surface area contributed by atoms with E-state index in [9.17, 15) is 4.79 Å². The van der Waals surface area contributed by atoms with Crippen molar-refractivity contribution in [2.75, 3.05) is 13.2 Å². The molecule has 25 heavy (non-hydrogen) atoms. The van der Waals surface area contributed by atoms with Crippen LogP contribution >= 0.6 is 0 Å². The van der Waals surface area contributed by atoms with Crippen LogP contribution in [-0.2, 0) is 9.53 Å². The van der Waals surface area contributed by atoms with Crippen molar-refractivity contribution < 1.29 is 19.7 Å². The van der Waals surface area contributed by atoms with Crippen LogP contribution in [0.5, 0.6) is 0 Å². The van der Waals surface area contributed by atoms with E-state index >= 15 is 0 Å². The molecule has 0 fully saturated rings. The first-order valence-corrected chi connectivity index (χ1v) is 9.33. The number of ether oxygens (including phenoxy) is 1. The third-order valence-corrected chi connectivity index (χ3v) is 3.53. The molecule has 0 saturated heterocycles. The Kier molecular flexibility index (Phi) is 17.5. The van der Waals surface area contributed by atoms with E-state index < -0.39 is 18.7 Å². The van der Waals surface area contributed by atoms with Crippen LogP contribution in [0, 0.1) is 0 Å². The Morgan fingerprint density at radius 3 is 2.20 bits per heavy atom. The molecule has 0 spiro atoms. The van der Waals surface area contributed by atoms with E-state index in [0.29, 0.717) is 0 Å². The summed E-state index contributed by atoms with van der Waals surface area (Å²) in [6, 6.07) is 0. The summed E-state index contributed by atoms with van der Waals surface area (Å²) >= 11 is 0. The first-order valence-electron chi connectivity index (χ1n) is 9.33. The zero-order valence-electron chi connectivity index (χ0n) is 15.5. The van der Waals surface area contributed by atoms with Gasteiger partial charge in [-0.3, -0.25) is 0 Å². The number of carbonyl (C=O) groups is 1. The fourth-order valence-corrected chi connectivity index (χ4v) is 2.06. The summed E-state index contributed by atoms with van der Waals surface area (Å²) in [4.78, 5) is 11.2. The fourth-order valence-electron chi connectivity index (χ4n) is 2.06. The maximum Gasteiger partial charge on any atom is 0.330 e. The SMILES string of the molecule is CCCCCCCCC/C=C/C=C/C=C/C=C/C(=O)OCC(O)CO. The molecule has 0 aliphatic rings. The standard InChI is InChI=1S/C21H34O4/c1-2-3-4-5-6-7-8-9-10-11-12-13-14-15-16-17-21(24)25-19-20(23)18-22/h10-17,20,22-23H,2-9,18-19H2,1H3/b11-10+,13-12+,15-14+,17-16+. The van der Waals surface area contributed by atoms with E-state index in [0.717, 1.165) is 6.42 Å². The van der Waals surface area contributed by atoms with Crippen LogP contribution in [0.4, 0.5) is 0 Å². The molecule has 1 unspecified atom stereocenters. The molecule has 2 N–H and O–H groups in total. The van der Waals surface area contributed by atoms with Gasteiger partial charge in [-0.25, -0.2) is 4.79 Å². The first-order chi connectivity index (χ1) is 12.2. The summed E-state index contributed by atoms with van der Waals surface area (Å²) in [6.07, 6.45) is 23.9. The highest BCUT2D eigenvalue weighted by molar-refractivity contribution is 5.82. The number of carbonyl (C=O) groups excluding carboxylic acids is 1. The molecule has 142 valence electrons. The Hall–Kier alpha value is -1.65. The average molecular weight is 350 g/mol. The summed E-state index contributed by atoms with van der Waals surface area (Å²) in [5.74, 6) is -0.546. The number of aliphatic hydroxyl groups excluding tert-OH is 2. The zero-order chi connectivity index (χ0) is 18.6. The van der Waals surface area contributed by atoms with E-state index in [1.165, 1.54) is 51.0 Å². The van der Waals surface area contributed by atoms with Gasteiger partial charge in [0.1, 0.15) is 12.7 Å². The van der Waals surface area contributed by atoms with E-state index in [2.05, 4.69) is 13.0 Å². The van der Waals surface area contributed by atoms with Crippen LogP contribution in [0.15, 0.2) is 48.6 Å². The van der Waals surface area contributed by atoms with Crippen LogP contribution in [-0.4, -0.2) is 35.5 Å². The summed E-state index contributed by atoms with van der Waals surface area (Å²) in [6.45, 7) is 1.62. The Bertz CT molecular complexity index is 422. The van der Waals surface area contributed by atoms with Gasteiger partial charge in [-0.15, -0.1) is 0 Å². The van der Waals surface area contributed by atoms with Gasteiger partial charge in [0.15, 0.2) is 0 Å². The Morgan fingerprint density at radius 1 is 0.920 bits per heavy atom. The maximum atomic E-state index is 11.2. The number of unbranched alkanes of at least 4 members (excludes halogenated alkanes) is 7. The van der Waals surface area contributed by atoms with Crippen molar-refractivity contribution in [2.45, 2.75) is 64.4 Å². The van der Waals surface area contributed by atoms with Gasteiger partial charge in [-0.05, 0) is 12.8 Å². The van der Waals surface area contributed by atoms with E-state index in [4.69, 9.17) is 14.9 Å². The highest BCUT2D eigenvalue weighted by Crippen LogP contribution is 2.08. The molecule has 0 aromatic carbocycles. The molecule has 4 nitrogen and oxygen atoms in total. The van der Waals surface area contributed by atoms with Gasteiger partial charge < -0.3 is 14.9 Å². The third-order valence-electron chi connectivity index (χ3n) is 3.53. The predicted octanol–water partition coefficient (Wildman–Crippen LogP) is 4.25. The Balaban J connectivity index is 3.61. The second kappa shape index (κ2) is 18.7. The zero-order valence-corrected chi connectivity index (χ0v) is 15.5. The highest BCUT2D eigenvalue weighted by Gasteiger charge is 2.03. The van der Waals surface area contributed by atoms with E-state index in [-0.39, 0.29) is 6.61 Å². The second-order valence-electron chi connectivity index (χ2n) is 5.93. The van der Waals surface area contributed by atoms with Gasteiger partial charge in [0.05, 0.1) is 6.61 Å². The second-order valence-corrected chi connectivity index (χ2v) is 5.93. The molecule has 0 radical (unpaired) electrons. The quantitative estimate of drug-likeness (QED) is 0.201. The molecule has 0 bridgehead atoms. The molecule has 0 aromatic heterocycles. The molecule has 0 rings (SSSR count). The lowest BCUT2D eigenvalue weighted by Gasteiger charge is -2.05. The minimum atomic E-state index is -1.02. The summed E-state index contributed by atoms with van der Waals surface area (Å²) < 4.78 is 4.71.